The zero-order valence-electron chi connectivity index (χ0n) is 10.7. The van der Waals surface area contributed by atoms with E-state index in [-0.39, 0.29) is 5.56 Å². The van der Waals surface area contributed by atoms with E-state index in [4.69, 9.17) is 0 Å². The zero-order valence-corrected chi connectivity index (χ0v) is 12.3. The van der Waals surface area contributed by atoms with E-state index < -0.39 is 26.4 Å². The number of amides is 1. The van der Waals surface area contributed by atoms with Crippen LogP contribution in [-0.4, -0.2) is 25.1 Å². The summed E-state index contributed by atoms with van der Waals surface area (Å²) >= 11 is 1.25. The van der Waals surface area contributed by atoms with E-state index in [1.807, 2.05) is 0 Å². The van der Waals surface area contributed by atoms with Gasteiger partial charge in [-0.15, -0.1) is 11.3 Å². The third-order valence-corrected chi connectivity index (χ3v) is 4.79. The first kappa shape index (κ1) is 15.5. The van der Waals surface area contributed by atoms with Crippen molar-refractivity contribution < 1.29 is 22.0 Å². The van der Waals surface area contributed by atoms with Gasteiger partial charge in [0, 0.05) is 10.9 Å². The number of anilines is 1. The van der Waals surface area contributed by atoms with Crippen molar-refractivity contribution >= 4 is 32.2 Å². The smallest absolute Gasteiger partial charge is 0.298 e. The Hall–Kier alpha value is -1.87. The molecule has 1 heterocycles. The average Bonchev–Trinajstić information content (AvgIpc) is 2.84. The van der Waals surface area contributed by atoms with Crippen LogP contribution in [0.25, 0.3) is 0 Å². The van der Waals surface area contributed by atoms with Crippen molar-refractivity contribution in [2.45, 2.75) is 17.6 Å². The largest absolute Gasteiger partial charge is 0.341 e. The highest BCUT2D eigenvalue weighted by atomic mass is 32.2. The molecule has 0 saturated heterocycles. The van der Waals surface area contributed by atoms with Gasteiger partial charge in [0.15, 0.2) is 5.13 Å². The first-order chi connectivity index (χ1) is 9.80. The summed E-state index contributed by atoms with van der Waals surface area (Å²) in [7, 11) is -4.65. The zero-order chi connectivity index (χ0) is 15.6. The van der Waals surface area contributed by atoms with Crippen LogP contribution in [-0.2, 0) is 9.84 Å². The van der Waals surface area contributed by atoms with Crippen LogP contribution in [0, 0.1) is 6.92 Å². The Labute approximate surface area is 123 Å². The van der Waals surface area contributed by atoms with Crippen molar-refractivity contribution in [3.8, 4) is 0 Å². The van der Waals surface area contributed by atoms with Crippen molar-refractivity contribution in [1.82, 2.24) is 4.98 Å². The molecule has 112 valence electrons. The number of carbonyl (C=O) groups is 1. The molecule has 1 aromatic heterocycles. The summed E-state index contributed by atoms with van der Waals surface area (Å²) in [4.78, 5) is 15.4. The van der Waals surface area contributed by atoms with Gasteiger partial charge in [0.1, 0.15) is 0 Å². The minimum absolute atomic E-state index is 0.149. The maximum absolute atomic E-state index is 12.4. The van der Waals surface area contributed by atoms with Crippen LogP contribution in [0.1, 0.15) is 16.1 Å². The van der Waals surface area contributed by atoms with Crippen molar-refractivity contribution in [3.63, 3.8) is 0 Å². The quantitative estimate of drug-likeness (QED) is 0.934. The molecule has 0 spiro atoms. The number of nitrogens with zero attached hydrogens (tertiary/aromatic N) is 1. The number of sulfone groups is 1. The van der Waals surface area contributed by atoms with E-state index in [2.05, 4.69) is 10.3 Å². The molecule has 9 heteroatoms. The number of alkyl halides is 2. The number of aromatic nitrogens is 1. The fourth-order valence-corrected chi connectivity index (χ4v) is 2.88. The lowest BCUT2D eigenvalue weighted by Crippen LogP contribution is -2.14. The number of hydrogen-bond donors (Lipinski definition) is 1. The fourth-order valence-electron chi connectivity index (χ4n) is 1.48. The number of thiazole rings is 1. The SMILES string of the molecule is Cc1csc(NC(=O)c2ccc(S(=O)(=O)C(F)F)cc2)n1. The van der Waals surface area contributed by atoms with E-state index in [0.29, 0.717) is 5.13 Å². The maximum atomic E-state index is 12.4. The molecule has 1 N–H and O–H groups in total. The van der Waals surface area contributed by atoms with Gasteiger partial charge in [-0.3, -0.25) is 10.1 Å². The first-order valence-electron chi connectivity index (χ1n) is 5.66. The second kappa shape index (κ2) is 5.86. The molecule has 1 amide bonds. The van der Waals surface area contributed by atoms with Crippen molar-refractivity contribution in [2.24, 2.45) is 0 Å². The van der Waals surface area contributed by atoms with Crippen LogP contribution in [0.15, 0.2) is 34.5 Å². The summed E-state index contributed by atoms with van der Waals surface area (Å²) in [5.74, 6) is -3.99. The van der Waals surface area contributed by atoms with Gasteiger partial charge in [-0.1, -0.05) is 0 Å². The standard InChI is InChI=1S/C12H10F2N2O3S2/c1-7-6-20-12(15-7)16-10(17)8-2-4-9(5-3-8)21(18,19)11(13)14/h2-6,11H,1H3,(H,15,16,17). The number of hydrogen-bond acceptors (Lipinski definition) is 5. The summed E-state index contributed by atoms with van der Waals surface area (Å²) in [6, 6.07) is 4.29. The lowest BCUT2D eigenvalue weighted by molar-refractivity contribution is 0.102. The molecule has 0 aliphatic heterocycles. The lowest BCUT2D eigenvalue weighted by atomic mass is 10.2. The topological polar surface area (TPSA) is 76.1 Å². The molecule has 0 saturated carbocycles. The Balaban J connectivity index is 2.17. The van der Waals surface area contributed by atoms with Gasteiger partial charge < -0.3 is 0 Å². The molecule has 0 aliphatic rings. The highest BCUT2D eigenvalue weighted by Gasteiger charge is 2.26. The Bertz CT molecular complexity index is 755. The monoisotopic (exact) mass is 332 g/mol. The third-order valence-electron chi connectivity index (χ3n) is 2.52. The van der Waals surface area contributed by atoms with E-state index in [9.17, 15) is 22.0 Å². The van der Waals surface area contributed by atoms with Crippen molar-refractivity contribution in [2.75, 3.05) is 5.32 Å². The lowest BCUT2D eigenvalue weighted by Gasteiger charge is -2.05. The Morgan fingerprint density at radius 3 is 2.38 bits per heavy atom. The number of benzene rings is 1. The molecule has 2 aromatic rings. The molecule has 0 bridgehead atoms. The average molecular weight is 332 g/mol. The molecule has 1 aromatic carbocycles. The second-order valence-electron chi connectivity index (χ2n) is 4.08. The van der Waals surface area contributed by atoms with E-state index in [0.717, 1.165) is 17.8 Å². The Morgan fingerprint density at radius 1 is 1.29 bits per heavy atom. The van der Waals surface area contributed by atoms with Gasteiger partial charge in [0.25, 0.3) is 5.91 Å². The van der Waals surface area contributed by atoms with Gasteiger partial charge in [-0.05, 0) is 31.2 Å². The number of halogens is 2. The summed E-state index contributed by atoms with van der Waals surface area (Å²) in [6.07, 6.45) is 0. The van der Waals surface area contributed by atoms with E-state index in [1.165, 1.54) is 23.5 Å². The molecule has 0 fully saturated rings. The van der Waals surface area contributed by atoms with Crippen molar-refractivity contribution in [1.29, 1.82) is 0 Å². The number of carbonyl (C=O) groups excluding carboxylic acids is 1. The normalized spacial score (nSPS) is 11.6. The predicted octanol–water partition coefficient (Wildman–Crippen LogP) is 2.70. The Kier molecular flexibility index (Phi) is 4.33. The van der Waals surface area contributed by atoms with E-state index >= 15 is 0 Å². The number of nitrogens with one attached hydrogen (secondary N) is 1. The van der Waals surface area contributed by atoms with Crippen LogP contribution in [0.5, 0.6) is 0 Å². The first-order valence-corrected chi connectivity index (χ1v) is 8.09. The van der Waals surface area contributed by atoms with Gasteiger partial charge in [-0.2, -0.15) is 8.78 Å². The molecular weight excluding hydrogens is 322 g/mol. The van der Waals surface area contributed by atoms with Crippen molar-refractivity contribution in [3.05, 3.63) is 40.9 Å². The highest BCUT2D eigenvalue weighted by Crippen LogP contribution is 2.20. The minimum atomic E-state index is -4.65. The Morgan fingerprint density at radius 2 is 1.90 bits per heavy atom. The molecule has 0 atom stereocenters. The van der Waals surface area contributed by atoms with Gasteiger partial charge in [0.05, 0.1) is 10.6 Å². The van der Waals surface area contributed by atoms with Crippen LogP contribution >= 0.6 is 11.3 Å². The van der Waals surface area contributed by atoms with E-state index in [1.54, 1.807) is 12.3 Å². The van der Waals surface area contributed by atoms with Crippen LogP contribution in [0.3, 0.4) is 0 Å². The molecule has 5 nitrogen and oxygen atoms in total. The fraction of sp³-hybridized carbons (Fsp3) is 0.167. The summed E-state index contributed by atoms with van der Waals surface area (Å²) in [5, 5.41) is 4.69. The van der Waals surface area contributed by atoms with Gasteiger partial charge in [-0.25, -0.2) is 13.4 Å². The molecular formula is C12H10F2N2O3S2. The summed E-state index contributed by atoms with van der Waals surface area (Å²) in [6.45, 7) is 1.77. The highest BCUT2D eigenvalue weighted by molar-refractivity contribution is 7.91. The van der Waals surface area contributed by atoms with Gasteiger partial charge in [0.2, 0.25) is 9.84 Å². The summed E-state index contributed by atoms with van der Waals surface area (Å²) in [5.41, 5.74) is 0.907. The van der Waals surface area contributed by atoms with Crippen LogP contribution in [0.4, 0.5) is 13.9 Å². The summed E-state index contributed by atoms with van der Waals surface area (Å²) < 4.78 is 47.2. The number of rotatable bonds is 4. The molecule has 2 rings (SSSR count). The maximum Gasteiger partial charge on any atom is 0.341 e. The molecule has 0 aliphatic carbocycles. The second-order valence-corrected chi connectivity index (χ2v) is 6.85. The molecule has 0 unspecified atom stereocenters. The molecule has 0 radical (unpaired) electrons. The molecule has 21 heavy (non-hydrogen) atoms. The van der Waals surface area contributed by atoms with Crippen LogP contribution < -0.4 is 5.32 Å². The van der Waals surface area contributed by atoms with Crippen LogP contribution in [0.2, 0.25) is 0 Å². The predicted molar refractivity (Wildman–Crippen MR) is 74.4 cm³/mol. The number of aryl methyl sites for hydroxylation is 1. The minimum Gasteiger partial charge on any atom is -0.298 e. The third kappa shape index (κ3) is 3.42. The van der Waals surface area contributed by atoms with Gasteiger partial charge >= 0.3 is 5.76 Å².